The van der Waals surface area contributed by atoms with Crippen molar-refractivity contribution in [3.05, 3.63) is 52.9 Å². The van der Waals surface area contributed by atoms with Gasteiger partial charge in [0.25, 0.3) is 0 Å². The van der Waals surface area contributed by atoms with Crippen LogP contribution in [0.5, 0.6) is 5.75 Å². The first-order chi connectivity index (χ1) is 10.2. The molecule has 0 aliphatic rings. The van der Waals surface area contributed by atoms with Gasteiger partial charge in [-0.1, -0.05) is 18.2 Å². The highest BCUT2D eigenvalue weighted by atomic mass is 79.9. The van der Waals surface area contributed by atoms with Gasteiger partial charge in [-0.15, -0.1) is 10.2 Å². The Kier molecular flexibility index (Phi) is 4.06. The molecule has 21 heavy (non-hydrogen) atoms. The third kappa shape index (κ3) is 3.16. The molecule has 0 atom stereocenters. The van der Waals surface area contributed by atoms with Crippen LogP contribution in [0.25, 0.3) is 5.65 Å². The number of hydrogen-bond donors (Lipinski definition) is 1. The predicted octanol–water partition coefficient (Wildman–Crippen LogP) is 3.09. The fourth-order valence-electron chi connectivity index (χ4n) is 2.14. The normalized spacial score (nSPS) is 10.9. The topological polar surface area (TPSA) is 65.4 Å². The summed E-state index contributed by atoms with van der Waals surface area (Å²) in [6, 6.07) is 11.6. The lowest BCUT2D eigenvalue weighted by molar-refractivity contribution is 0.309. The molecular formula is C15H15BrN4O. The van der Waals surface area contributed by atoms with Crippen molar-refractivity contribution in [2.75, 3.05) is 12.3 Å². The van der Waals surface area contributed by atoms with Gasteiger partial charge in [0, 0.05) is 17.1 Å². The lowest BCUT2D eigenvalue weighted by Crippen LogP contribution is -2.02. The Morgan fingerprint density at radius 3 is 2.81 bits per heavy atom. The number of hydrogen-bond acceptors (Lipinski definition) is 4. The summed E-state index contributed by atoms with van der Waals surface area (Å²) < 4.78 is 8.50. The Balaban J connectivity index is 1.63. The Morgan fingerprint density at radius 2 is 2.00 bits per heavy atom. The second kappa shape index (κ2) is 6.13. The molecule has 1 aromatic carbocycles. The van der Waals surface area contributed by atoms with Crippen LogP contribution in [-0.4, -0.2) is 21.2 Å². The molecule has 0 aliphatic heterocycles. The third-order valence-corrected chi connectivity index (χ3v) is 3.56. The summed E-state index contributed by atoms with van der Waals surface area (Å²) in [7, 11) is 0. The van der Waals surface area contributed by atoms with Crippen LogP contribution in [0.15, 0.2) is 47.1 Å². The van der Waals surface area contributed by atoms with Gasteiger partial charge in [0.05, 0.1) is 12.3 Å². The lowest BCUT2D eigenvalue weighted by atomic mass is 10.3. The van der Waals surface area contributed by atoms with Gasteiger partial charge in [-0.25, -0.2) is 0 Å². The molecule has 0 saturated carbocycles. The largest absolute Gasteiger partial charge is 0.494 e. The van der Waals surface area contributed by atoms with Crippen LogP contribution in [0, 0.1) is 0 Å². The number of halogens is 1. The van der Waals surface area contributed by atoms with Crippen molar-refractivity contribution in [3.63, 3.8) is 0 Å². The number of aromatic nitrogens is 3. The van der Waals surface area contributed by atoms with Gasteiger partial charge in [0.2, 0.25) is 0 Å². The zero-order valence-corrected chi connectivity index (χ0v) is 13.0. The maximum absolute atomic E-state index is 5.92. The molecule has 0 unspecified atom stereocenters. The van der Waals surface area contributed by atoms with Gasteiger partial charge in [-0.3, -0.25) is 4.40 Å². The fraction of sp³-hybridized carbons (Fsp3) is 0.200. The van der Waals surface area contributed by atoms with E-state index in [1.807, 2.05) is 47.0 Å². The molecule has 2 heterocycles. The summed E-state index contributed by atoms with van der Waals surface area (Å²) in [5.41, 5.74) is 7.23. The standard InChI is InChI=1S/C15H15BrN4O/c16-11-9-13(17)15-19-18-14(20(15)10-11)7-4-8-21-12-5-2-1-3-6-12/h1-3,5-6,9-10H,4,7-8,17H2. The van der Waals surface area contributed by atoms with Crippen molar-refractivity contribution in [2.24, 2.45) is 0 Å². The first-order valence-corrected chi connectivity index (χ1v) is 7.50. The summed E-state index contributed by atoms with van der Waals surface area (Å²) in [6.45, 7) is 0.641. The average Bonchev–Trinajstić information content (AvgIpc) is 2.88. The van der Waals surface area contributed by atoms with E-state index in [9.17, 15) is 0 Å². The van der Waals surface area contributed by atoms with Crippen molar-refractivity contribution in [2.45, 2.75) is 12.8 Å². The number of para-hydroxylation sites is 1. The number of rotatable bonds is 5. The van der Waals surface area contributed by atoms with E-state index in [0.29, 0.717) is 17.9 Å². The SMILES string of the molecule is Nc1cc(Br)cn2c(CCCOc3ccccc3)nnc12. The number of fused-ring (bicyclic) bond motifs is 1. The molecule has 2 aromatic heterocycles. The van der Waals surface area contributed by atoms with Crippen LogP contribution in [-0.2, 0) is 6.42 Å². The van der Waals surface area contributed by atoms with Crippen LogP contribution < -0.4 is 10.5 Å². The van der Waals surface area contributed by atoms with Gasteiger partial charge >= 0.3 is 0 Å². The average molecular weight is 347 g/mol. The molecule has 6 heteroatoms. The van der Waals surface area contributed by atoms with Crippen LogP contribution in [0.2, 0.25) is 0 Å². The first kappa shape index (κ1) is 13.9. The van der Waals surface area contributed by atoms with Gasteiger partial charge < -0.3 is 10.5 Å². The molecule has 0 saturated heterocycles. The summed E-state index contributed by atoms with van der Waals surface area (Å²) >= 11 is 3.43. The first-order valence-electron chi connectivity index (χ1n) is 6.70. The van der Waals surface area contributed by atoms with Gasteiger partial charge in [-0.05, 0) is 40.5 Å². The molecule has 5 nitrogen and oxygen atoms in total. The van der Waals surface area contributed by atoms with E-state index < -0.39 is 0 Å². The number of nitrogens with zero attached hydrogens (tertiary/aromatic N) is 3. The quantitative estimate of drug-likeness (QED) is 0.721. The van der Waals surface area contributed by atoms with Crippen molar-refractivity contribution in [1.82, 2.24) is 14.6 Å². The Labute approximate surface area is 130 Å². The van der Waals surface area contributed by atoms with Crippen LogP contribution >= 0.6 is 15.9 Å². The molecule has 0 aliphatic carbocycles. The van der Waals surface area contributed by atoms with Crippen molar-refractivity contribution >= 4 is 27.3 Å². The molecule has 3 aromatic rings. The third-order valence-electron chi connectivity index (χ3n) is 3.13. The summed E-state index contributed by atoms with van der Waals surface area (Å²) in [5, 5.41) is 8.32. The predicted molar refractivity (Wildman–Crippen MR) is 85.4 cm³/mol. The molecular weight excluding hydrogens is 332 g/mol. The van der Waals surface area contributed by atoms with Gasteiger partial charge in [0.1, 0.15) is 11.6 Å². The molecule has 0 bridgehead atoms. The molecule has 0 radical (unpaired) electrons. The number of nitrogens with two attached hydrogens (primary N) is 1. The summed E-state index contributed by atoms with van der Waals surface area (Å²) in [5.74, 6) is 1.77. The maximum Gasteiger partial charge on any atom is 0.184 e. The molecule has 0 fully saturated rings. The van der Waals surface area contributed by atoms with E-state index in [2.05, 4.69) is 26.1 Å². The minimum Gasteiger partial charge on any atom is -0.494 e. The molecule has 0 spiro atoms. The number of nitrogen functional groups attached to an aromatic ring is 1. The second-order valence-electron chi connectivity index (χ2n) is 4.69. The Hall–Kier alpha value is -2.08. The van der Waals surface area contributed by atoms with Crippen LogP contribution in [0.1, 0.15) is 12.2 Å². The number of ether oxygens (including phenoxy) is 1. The fourth-order valence-corrected chi connectivity index (χ4v) is 2.59. The molecule has 3 rings (SSSR count). The maximum atomic E-state index is 5.92. The molecule has 0 amide bonds. The second-order valence-corrected chi connectivity index (χ2v) is 5.60. The zero-order chi connectivity index (χ0) is 14.7. The Bertz CT molecular complexity index is 742. The van der Waals surface area contributed by atoms with Crippen LogP contribution in [0.3, 0.4) is 0 Å². The van der Waals surface area contributed by atoms with Crippen molar-refractivity contribution in [3.8, 4) is 5.75 Å². The highest BCUT2D eigenvalue weighted by Gasteiger charge is 2.08. The van der Waals surface area contributed by atoms with Crippen molar-refractivity contribution < 1.29 is 4.74 Å². The Morgan fingerprint density at radius 1 is 1.19 bits per heavy atom. The molecule has 2 N–H and O–H groups in total. The minimum absolute atomic E-state index is 0.615. The number of anilines is 1. The van der Waals surface area contributed by atoms with Crippen LogP contribution in [0.4, 0.5) is 5.69 Å². The van der Waals surface area contributed by atoms with Gasteiger partial charge in [-0.2, -0.15) is 0 Å². The minimum atomic E-state index is 0.615. The highest BCUT2D eigenvalue weighted by molar-refractivity contribution is 9.10. The van der Waals surface area contributed by atoms with E-state index in [4.69, 9.17) is 10.5 Å². The lowest BCUT2D eigenvalue weighted by Gasteiger charge is -2.05. The monoisotopic (exact) mass is 346 g/mol. The number of pyridine rings is 1. The van der Waals surface area contributed by atoms with Gasteiger partial charge in [0.15, 0.2) is 5.65 Å². The zero-order valence-electron chi connectivity index (χ0n) is 11.4. The van der Waals surface area contributed by atoms with E-state index in [1.165, 1.54) is 0 Å². The molecule has 108 valence electrons. The summed E-state index contributed by atoms with van der Waals surface area (Å²) in [4.78, 5) is 0. The number of aryl methyl sites for hydroxylation is 1. The smallest absolute Gasteiger partial charge is 0.184 e. The van der Waals surface area contributed by atoms with E-state index in [1.54, 1.807) is 0 Å². The van der Waals surface area contributed by atoms with E-state index >= 15 is 0 Å². The summed E-state index contributed by atoms with van der Waals surface area (Å²) in [6.07, 6.45) is 3.57. The van der Waals surface area contributed by atoms with E-state index in [0.717, 1.165) is 28.9 Å². The highest BCUT2D eigenvalue weighted by Crippen LogP contribution is 2.19. The van der Waals surface area contributed by atoms with Crippen molar-refractivity contribution in [1.29, 1.82) is 0 Å². The number of benzene rings is 1. The van der Waals surface area contributed by atoms with E-state index in [-0.39, 0.29) is 0 Å².